The van der Waals surface area contributed by atoms with Gasteiger partial charge in [0.05, 0.1) is 12.6 Å². The van der Waals surface area contributed by atoms with E-state index in [1.165, 1.54) is 12.8 Å². The molecule has 2 atom stereocenters. The second-order valence-electron chi connectivity index (χ2n) is 3.84. The number of rotatable bonds is 4. The quantitative estimate of drug-likeness (QED) is 0.610. The summed E-state index contributed by atoms with van der Waals surface area (Å²) in [6, 6.07) is 0.527. The third-order valence-electron chi connectivity index (χ3n) is 2.72. The van der Waals surface area contributed by atoms with Crippen LogP contribution in [0.2, 0.25) is 0 Å². The number of hydrogen-bond donors (Lipinski definition) is 0. The number of nitrogens with zero attached hydrogens (tertiary/aromatic N) is 1. The summed E-state index contributed by atoms with van der Waals surface area (Å²) in [6.45, 7) is 3.88. The Morgan fingerprint density at radius 2 is 2.46 bits per heavy atom. The minimum Gasteiger partial charge on any atom is -0.378 e. The number of terminal acetylenes is 1. The highest BCUT2D eigenvalue weighted by molar-refractivity contribution is 4.89. The lowest BCUT2D eigenvalue weighted by Crippen LogP contribution is -2.32. The molecule has 1 heterocycles. The molecule has 2 unspecified atom stereocenters. The molecule has 0 saturated carbocycles. The van der Waals surface area contributed by atoms with Crippen molar-refractivity contribution in [1.29, 1.82) is 0 Å². The Balaban J connectivity index is 2.23. The van der Waals surface area contributed by atoms with Gasteiger partial charge in [0.2, 0.25) is 0 Å². The molecule has 1 rings (SSSR count). The molecule has 0 N–H and O–H groups in total. The molecule has 0 bridgehead atoms. The van der Waals surface area contributed by atoms with E-state index in [2.05, 4.69) is 24.8 Å². The molecule has 13 heavy (non-hydrogen) atoms. The maximum absolute atomic E-state index is 5.57. The van der Waals surface area contributed by atoms with E-state index in [1.54, 1.807) is 0 Å². The van der Waals surface area contributed by atoms with Gasteiger partial charge in [0, 0.05) is 12.6 Å². The van der Waals surface area contributed by atoms with Gasteiger partial charge in [-0.05, 0) is 33.2 Å². The topological polar surface area (TPSA) is 12.5 Å². The van der Waals surface area contributed by atoms with Gasteiger partial charge in [0.25, 0.3) is 0 Å². The van der Waals surface area contributed by atoms with E-state index in [1.807, 2.05) is 0 Å². The van der Waals surface area contributed by atoms with Crippen molar-refractivity contribution in [3.63, 3.8) is 0 Å². The van der Waals surface area contributed by atoms with Gasteiger partial charge in [-0.3, -0.25) is 4.90 Å². The smallest absolute Gasteiger partial charge is 0.0598 e. The molecule has 0 spiro atoms. The molecule has 0 aromatic rings. The van der Waals surface area contributed by atoms with Gasteiger partial charge >= 0.3 is 0 Å². The average Bonchev–Trinajstić information content (AvgIpc) is 2.57. The first kappa shape index (κ1) is 10.6. The van der Waals surface area contributed by atoms with Crippen LogP contribution >= 0.6 is 0 Å². The second-order valence-corrected chi connectivity index (χ2v) is 3.84. The number of hydrogen-bond acceptors (Lipinski definition) is 2. The van der Waals surface area contributed by atoms with Gasteiger partial charge in [-0.2, -0.15) is 0 Å². The molecule has 0 amide bonds. The summed E-state index contributed by atoms with van der Waals surface area (Å²) in [5.41, 5.74) is 0. The average molecular weight is 181 g/mol. The van der Waals surface area contributed by atoms with Crippen molar-refractivity contribution in [2.24, 2.45) is 0 Å². The molecule has 0 aliphatic carbocycles. The zero-order chi connectivity index (χ0) is 9.68. The Hall–Kier alpha value is -0.520. The third kappa shape index (κ3) is 3.38. The Kier molecular flexibility index (Phi) is 4.27. The van der Waals surface area contributed by atoms with Crippen molar-refractivity contribution in [1.82, 2.24) is 4.90 Å². The molecule has 1 aliphatic rings. The minimum atomic E-state index is 0.468. The fraction of sp³-hybridized carbons (Fsp3) is 0.818. The molecular formula is C11H19NO. The van der Waals surface area contributed by atoms with Crippen LogP contribution in [0.4, 0.5) is 0 Å². The molecule has 0 aromatic heterocycles. The normalized spacial score (nSPS) is 24.6. The maximum atomic E-state index is 5.57. The first-order valence-corrected chi connectivity index (χ1v) is 4.99. The van der Waals surface area contributed by atoms with Crippen LogP contribution in [0.5, 0.6) is 0 Å². The van der Waals surface area contributed by atoms with Gasteiger partial charge in [-0.15, -0.1) is 6.42 Å². The lowest BCUT2D eigenvalue weighted by molar-refractivity contribution is 0.0814. The van der Waals surface area contributed by atoms with Crippen LogP contribution in [0.3, 0.4) is 0 Å². The summed E-state index contributed by atoms with van der Waals surface area (Å²) >= 11 is 0. The van der Waals surface area contributed by atoms with E-state index >= 15 is 0 Å². The predicted molar refractivity (Wildman–Crippen MR) is 54.5 cm³/mol. The highest BCUT2D eigenvalue weighted by Crippen LogP contribution is 2.18. The first-order chi connectivity index (χ1) is 6.24. The highest BCUT2D eigenvalue weighted by Gasteiger charge is 2.19. The van der Waals surface area contributed by atoms with Gasteiger partial charge in [-0.1, -0.05) is 5.92 Å². The van der Waals surface area contributed by atoms with Crippen molar-refractivity contribution in [3.05, 3.63) is 0 Å². The fourth-order valence-corrected chi connectivity index (χ4v) is 1.69. The predicted octanol–water partition coefficient (Wildman–Crippen LogP) is 1.51. The van der Waals surface area contributed by atoms with Crippen LogP contribution in [-0.2, 0) is 4.74 Å². The van der Waals surface area contributed by atoms with Gasteiger partial charge in [-0.25, -0.2) is 0 Å². The van der Waals surface area contributed by atoms with Crippen molar-refractivity contribution in [2.45, 2.75) is 38.3 Å². The summed E-state index contributed by atoms with van der Waals surface area (Å²) in [5.74, 6) is 2.66. The largest absolute Gasteiger partial charge is 0.378 e. The first-order valence-electron chi connectivity index (χ1n) is 4.99. The summed E-state index contributed by atoms with van der Waals surface area (Å²) in [6.07, 6.45) is 9.26. The van der Waals surface area contributed by atoms with E-state index in [9.17, 15) is 0 Å². The summed E-state index contributed by atoms with van der Waals surface area (Å²) < 4.78 is 5.57. The van der Waals surface area contributed by atoms with Gasteiger partial charge in [0.15, 0.2) is 0 Å². The van der Waals surface area contributed by atoms with E-state index in [0.29, 0.717) is 12.1 Å². The van der Waals surface area contributed by atoms with Crippen LogP contribution in [-0.4, -0.2) is 37.2 Å². The third-order valence-corrected chi connectivity index (χ3v) is 2.72. The van der Waals surface area contributed by atoms with Crippen LogP contribution in [0.1, 0.15) is 26.2 Å². The van der Waals surface area contributed by atoms with Gasteiger partial charge < -0.3 is 4.74 Å². The fourth-order valence-electron chi connectivity index (χ4n) is 1.69. The summed E-state index contributed by atoms with van der Waals surface area (Å²) in [7, 11) is 2.07. The van der Waals surface area contributed by atoms with Crippen molar-refractivity contribution >= 4 is 0 Å². The van der Waals surface area contributed by atoms with Crippen molar-refractivity contribution < 1.29 is 4.74 Å². The van der Waals surface area contributed by atoms with E-state index < -0.39 is 0 Å². The van der Waals surface area contributed by atoms with Crippen molar-refractivity contribution in [3.8, 4) is 12.3 Å². The standard InChI is InChI=1S/C11H19NO/c1-4-7-12(3)10(2)9-11-6-5-8-13-11/h1,10-11H,5-9H2,2-3H3. The van der Waals surface area contributed by atoms with Gasteiger partial charge in [0.1, 0.15) is 0 Å². The Morgan fingerprint density at radius 1 is 1.69 bits per heavy atom. The molecule has 1 fully saturated rings. The minimum absolute atomic E-state index is 0.468. The molecular weight excluding hydrogens is 162 g/mol. The van der Waals surface area contributed by atoms with Crippen LogP contribution in [0.25, 0.3) is 0 Å². The van der Waals surface area contributed by atoms with Crippen LogP contribution in [0, 0.1) is 12.3 Å². The lowest BCUT2D eigenvalue weighted by atomic mass is 10.1. The zero-order valence-electron chi connectivity index (χ0n) is 8.62. The van der Waals surface area contributed by atoms with E-state index in [4.69, 9.17) is 11.2 Å². The van der Waals surface area contributed by atoms with Crippen LogP contribution < -0.4 is 0 Å². The lowest BCUT2D eigenvalue weighted by Gasteiger charge is -2.24. The molecule has 1 aliphatic heterocycles. The molecule has 0 aromatic carbocycles. The van der Waals surface area contributed by atoms with Crippen LogP contribution in [0.15, 0.2) is 0 Å². The Labute approximate surface area is 81.3 Å². The van der Waals surface area contributed by atoms with E-state index in [0.717, 1.165) is 19.6 Å². The molecule has 2 nitrogen and oxygen atoms in total. The molecule has 2 heteroatoms. The molecule has 1 saturated heterocycles. The SMILES string of the molecule is C#CCN(C)C(C)CC1CCCO1. The second kappa shape index (κ2) is 5.26. The summed E-state index contributed by atoms with van der Waals surface area (Å²) in [5, 5.41) is 0. The summed E-state index contributed by atoms with van der Waals surface area (Å²) in [4.78, 5) is 2.20. The van der Waals surface area contributed by atoms with E-state index in [-0.39, 0.29) is 0 Å². The Bertz CT molecular complexity index is 179. The zero-order valence-corrected chi connectivity index (χ0v) is 8.62. The van der Waals surface area contributed by atoms with Crippen molar-refractivity contribution in [2.75, 3.05) is 20.2 Å². The number of ether oxygens (including phenoxy) is 1. The molecule has 74 valence electrons. The maximum Gasteiger partial charge on any atom is 0.0598 e. The molecule has 0 radical (unpaired) electrons. The highest BCUT2D eigenvalue weighted by atomic mass is 16.5. The Morgan fingerprint density at radius 3 is 3.00 bits per heavy atom. The monoisotopic (exact) mass is 181 g/mol.